The Morgan fingerprint density at radius 3 is 2.62 bits per heavy atom. The maximum absolute atomic E-state index is 12.3. The average molecular weight is 345 g/mol. The number of carbonyl (C=O) groups is 1. The Bertz CT molecular complexity index is 741. The molecule has 1 unspecified atom stereocenters. The molecule has 5 nitrogen and oxygen atoms in total. The lowest BCUT2D eigenvalue weighted by molar-refractivity contribution is -0.115. The van der Waals surface area contributed by atoms with Crippen LogP contribution in [0.4, 0.5) is 5.69 Å². The lowest BCUT2D eigenvalue weighted by Gasteiger charge is -2.12. The third kappa shape index (κ3) is 5.23. The van der Waals surface area contributed by atoms with Gasteiger partial charge in [-0.05, 0) is 37.5 Å². The second-order valence-electron chi connectivity index (χ2n) is 5.59. The highest BCUT2D eigenvalue weighted by Crippen LogP contribution is 2.20. The molecule has 24 heavy (non-hydrogen) atoms. The van der Waals surface area contributed by atoms with E-state index in [9.17, 15) is 9.59 Å². The van der Waals surface area contributed by atoms with Crippen molar-refractivity contribution in [3.05, 3.63) is 51.9 Å². The molecule has 0 saturated carbocycles. The van der Waals surface area contributed by atoms with E-state index in [4.69, 9.17) is 0 Å². The van der Waals surface area contributed by atoms with Gasteiger partial charge in [0, 0.05) is 17.4 Å². The minimum atomic E-state index is -0.365. The number of thioether (sulfide) groups is 1. The number of H-pyrrole nitrogens is 1. The average Bonchev–Trinajstić information content (AvgIpc) is 2.55. The van der Waals surface area contributed by atoms with Crippen LogP contribution in [0.25, 0.3) is 0 Å². The Morgan fingerprint density at radius 1 is 1.29 bits per heavy atom. The number of aryl methyl sites for hydroxylation is 2. The van der Waals surface area contributed by atoms with Crippen molar-refractivity contribution in [1.29, 1.82) is 0 Å². The van der Waals surface area contributed by atoms with E-state index >= 15 is 0 Å². The van der Waals surface area contributed by atoms with Crippen LogP contribution in [0.15, 0.2) is 40.3 Å². The van der Waals surface area contributed by atoms with Crippen LogP contribution in [0.2, 0.25) is 0 Å². The van der Waals surface area contributed by atoms with Crippen LogP contribution in [0.5, 0.6) is 0 Å². The van der Waals surface area contributed by atoms with Gasteiger partial charge in [0.15, 0.2) is 5.16 Å². The molecule has 1 heterocycles. The van der Waals surface area contributed by atoms with Gasteiger partial charge in [-0.2, -0.15) is 0 Å². The highest BCUT2D eigenvalue weighted by molar-refractivity contribution is 8.00. The molecule has 0 radical (unpaired) electrons. The fourth-order valence-electron chi connectivity index (χ4n) is 2.21. The van der Waals surface area contributed by atoms with Crippen LogP contribution in [0.1, 0.15) is 38.4 Å². The number of aromatic nitrogens is 2. The van der Waals surface area contributed by atoms with Crippen molar-refractivity contribution in [1.82, 2.24) is 9.97 Å². The number of carbonyl (C=O) groups excluding carboxylic acids is 1. The van der Waals surface area contributed by atoms with E-state index in [0.29, 0.717) is 5.16 Å². The van der Waals surface area contributed by atoms with Crippen LogP contribution in [0, 0.1) is 0 Å². The van der Waals surface area contributed by atoms with Crippen molar-refractivity contribution in [2.45, 2.75) is 50.4 Å². The number of benzene rings is 1. The first-order valence-corrected chi connectivity index (χ1v) is 9.06. The molecule has 1 atom stereocenters. The number of anilines is 1. The third-order valence-electron chi connectivity index (χ3n) is 3.57. The molecule has 2 aromatic rings. The first-order valence-electron chi connectivity index (χ1n) is 8.18. The van der Waals surface area contributed by atoms with Crippen molar-refractivity contribution < 1.29 is 4.79 Å². The number of amides is 1. The summed E-state index contributed by atoms with van der Waals surface area (Å²) >= 11 is 1.25. The van der Waals surface area contributed by atoms with E-state index < -0.39 is 0 Å². The van der Waals surface area contributed by atoms with Gasteiger partial charge in [-0.3, -0.25) is 9.59 Å². The normalized spacial score (nSPS) is 12.0. The third-order valence-corrected chi connectivity index (χ3v) is 4.55. The molecule has 1 aromatic heterocycles. The molecule has 0 fully saturated rings. The second-order valence-corrected chi connectivity index (χ2v) is 6.92. The largest absolute Gasteiger partial charge is 0.325 e. The minimum absolute atomic E-state index is 0.118. The Labute approximate surface area is 146 Å². The van der Waals surface area contributed by atoms with E-state index in [0.717, 1.165) is 30.6 Å². The van der Waals surface area contributed by atoms with E-state index in [1.807, 2.05) is 31.2 Å². The molecule has 0 saturated heterocycles. The Kier molecular flexibility index (Phi) is 6.61. The summed E-state index contributed by atoms with van der Waals surface area (Å²) in [5.74, 6) is -0.118. The maximum Gasteiger partial charge on any atom is 0.251 e. The lowest BCUT2D eigenvalue weighted by Crippen LogP contribution is -2.23. The van der Waals surface area contributed by atoms with E-state index in [2.05, 4.69) is 22.2 Å². The maximum atomic E-state index is 12.3. The summed E-state index contributed by atoms with van der Waals surface area (Å²) in [6.45, 7) is 5.93. The fourth-order valence-corrected chi connectivity index (χ4v) is 3.04. The predicted molar refractivity (Wildman–Crippen MR) is 98.6 cm³/mol. The van der Waals surface area contributed by atoms with Crippen LogP contribution in [0.3, 0.4) is 0 Å². The lowest BCUT2D eigenvalue weighted by atomic mass is 10.1. The number of aromatic amines is 1. The van der Waals surface area contributed by atoms with Gasteiger partial charge >= 0.3 is 0 Å². The second kappa shape index (κ2) is 8.68. The van der Waals surface area contributed by atoms with Crippen LogP contribution in [-0.2, 0) is 17.6 Å². The molecule has 1 aromatic carbocycles. The van der Waals surface area contributed by atoms with Crippen molar-refractivity contribution in [3.63, 3.8) is 0 Å². The van der Waals surface area contributed by atoms with Crippen molar-refractivity contribution in [3.8, 4) is 0 Å². The summed E-state index contributed by atoms with van der Waals surface area (Å²) in [7, 11) is 0. The molecular formula is C18H23N3O2S. The van der Waals surface area contributed by atoms with E-state index in [-0.39, 0.29) is 16.7 Å². The number of hydrogen-bond acceptors (Lipinski definition) is 4. The van der Waals surface area contributed by atoms with Crippen LogP contribution < -0.4 is 10.9 Å². The summed E-state index contributed by atoms with van der Waals surface area (Å²) in [6.07, 6.45) is 2.64. The molecule has 1 amide bonds. The zero-order valence-electron chi connectivity index (χ0n) is 14.3. The molecule has 0 bridgehead atoms. The molecule has 6 heteroatoms. The highest BCUT2D eigenvalue weighted by Gasteiger charge is 2.16. The van der Waals surface area contributed by atoms with E-state index in [1.54, 1.807) is 6.92 Å². The summed E-state index contributed by atoms with van der Waals surface area (Å²) in [4.78, 5) is 31.1. The standard InChI is InChI=1S/C18H23N3O2S/c1-4-6-15-11-16(22)21-18(20-15)24-12(3)17(23)19-14-9-7-13(5-2)8-10-14/h7-12H,4-6H2,1-3H3,(H,19,23)(H,20,21,22). The monoisotopic (exact) mass is 345 g/mol. The Balaban J connectivity index is 2.01. The number of rotatable bonds is 7. The molecule has 0 aliphatic rings. The SMILES string of the molecule is CCCc1cc(=O)[nH]c(SC(C)C(=O)Nc2ccc(CC)cc2)n1. The molecular weight excluding hydrogens is 322 g/mol. The minimum Gasteiger partial charge on any atom is -0.325 e. The number of hydrogen-bond donors (Lipinski definition) is 2. The smallest absolute Gasteiger partial charge is 0.251 e. The van der Waals surface area contributed by atoms with Crippen LogP contribution in [-0.4, -0.2) is 21.1 Å². The quantitative estimate of drug-likeness (QED) is 0.596. The van der Waals surface area contributed by atoms with Crippen LogP contribution >= 0.6 is 11.8 Å². The van der Waals surface area contributed by atoms with Crippen molar-refractivity contribution >= 4 is 23.4 Å². The fraction of sp³-hybridized carbons (Fsp3) is 0.389. The van der Waals surface area contributed by atoms with Gasteiger partial charge in [0.2, 0.25) is 5.91 Å². The highest BCUT2D eigenvalue weighted by atomic mass is 32.2. The van der Waals surface area contributed by atoms with E-state index in [1.165, 1.54) is 23.4 Å². The molecule has 128 valence electrons. The topological polar surface area (TPSA) is 74.8 Å². The van der Waals surface area contributed by atoms with Gasteiger partial charge < -0.3 is 10.3 Å². The van der Waals surface area contributed by atoms with Gasteiger partial charge in [0.05, 0.1) is 5.25 Å². The van der Waals surface area contributed by atoms with Gasteiger partial charge in [-0.15, -0.1) is 0 Å². The Morgan fingerprint density at radius 2 is 2.00 bits per heavy atom. The Hall–Kier alpha value is -2.08. The summed E-state index contributed by atoms with van der Waals surface area (Å²) in [5, 5.41) is 3.00. The van der Waals surface area contributed by atoms with Gasteiger partial charge in [-0.25, -0.2) is 4.98 Å². The zero-order valence-corrected chi connectivity index (χ0v) is 15.1. The summed E-state index contributed by atoms with van der Waals surface area (Å²) in [5.41, 5.74) is 2.57. The summed E-state index contributed by atoms with van der Waals surface area (Å²) < 4.78 is 0. The molecule has 2 N–H and O–H groups in total. The summed E-state index contributed by atoms with van der Waals surface area (Å²) in [6, 6.07) is 9.31. The molecule has 2 rings (SSSR count). The molecule has 0 spiro atoms. The first kappa shape index (κ1) is 18.3. The van der Waals surface area contributed by atoms with Crippen molar-refractivity contribution in [2.75, 3.05) is 5.32 Å². The van der Waals surface area contributed by atoms with Gasteiger partial charge in [0.25, 0.3) is 5.56 Å². The van der Waals surface area contributed by atoms with Gasteiger partial charge in [-0.1, -0.05) is 44.2 Å². The predicted octanol–water partition coefficient (Wildman–Crippen LogP) is 3.40. The first-order chi connectivity index (χ1) is 11.5. The molecule has 0 aliphatic carbocycles. The van der Waals surface area contributed by atoms with Crippen molar-refractivity contribution in [2.24, 2.45) is 0 Å². The molecule has 0 aliphatic heterocycles. The van der Waals surface area contributed by atoms with Gasteiger partial charge in [0.1, 0.15) is 0 Å². The number of nitrogens with one attached hydrogen (secondary N) is 2. The number of nitrogens with zero attached hydrogens (tertiary/aromatic N) is 1. The zero-order chi connectivity index (χ0) is 17.5.